The predicted octanol–water partition coefficient (Wildman–Crippen LogP) is 2.40. The van der Waals surface area contributed by atoms with E-state index >= 15 is 0 Å². The molecule has 0 radical (unpaired) electrons. The Hall–Kier alpha value is -0.930. The van der Waals surface area contributed by atoms with Crippen molar-refractivity contribution in [2.24, 2.45) is 5.73 Å². The van der Waals surface area contributed by atoms with E-state index < -0.39 is 0 Å². The molecule has 0 spiro atoms. The summed E-state index contributed by atoms with van der Waals surface area (Å²) in [5, 5.41) is 0. The van der Waals surface area contributed by atoms with E-state index in [9.17, 15) is 0 Å². The minimum absolute atomic E-state index is 0.0638. The standard InChI is InChI=1S/C15H22N2O/c1-15(8-4-10-18-15)14(16)12-7-2-5-11-6-3-9-17-13(11)12/h3,6,9,12,14H,2,4-5,7-8,10,16H2,1H3. The zero-order valence-corrected chi connectivity index (χ0v) is 11.1. The molecule has 1 aromatic heterocycles. The van der Waals surface area contributed by atoms with Crippen molar-refractivity contribution in [1.82, 2.24) is 4.98 Å². The number of fused-ring (bicyclic) bond motifs is 1. The number of rotatable bonds is 2. The van der Waals surface area contributed by atoms with Crippen molar-refractivity contribution in [3.05, 3.63) is 29.6 Å². The normalized spacial score (nSPS) is 33.1. The fourth-order valence-corrected chi connectivity index (χ4v) is 3.48. The lowest BCUT2D eigenvalue weighted by Crippen LogP contribution is -2.49. The van der Waals surface area contributed by atoms with Crippen molar-refractivity contribution >= 4 is 0 Å². The van der Waals surface area contributed by atoms with E-state index in [2.05, 4.69) is 18.0 Å². The van der Waals surface area contributed by atoms with Crippen molar-refractivity contribution in [2.75, 3.05) is 6.61 Å². The molecule has 3 atom stereocenters. The molecule has 3 rings (SSSR count). The molecule has 2 heterocycles. The third-order valence-electron chi connectivity index (χ3n) is 4.63. The predicted molar refractivity (Wildman–Crippen MR) is 71.5 cm³/mol. The summed E-state index contributed by atoms with van der Waals surface area (Å²) in [5.41, 5.74) is 8.98. The maximum absolute atomic E-state index is 6.54. The van der Waals surface area contributed by atoms with E-state index in [4.69, 9.17) is 10.5 Å². The van der Waals surface area contributed by atoms with Gasteiger partial charge in [-0.2, -0.15) is 0 Å². The number of hydrogen-bond acceptors (Lipinski definition) is 3. The van der Waals surface area contributed by atoms with Crippen molar-refractivity contribution < 1.29 is 4.74 Å². The third kappa shape index (κ3) is 1.95. The third-order valence-corrected chi connectivity index (χ3v) is 4.63. The fraction of sp³-hybridized carbons (Fsp3) is 0.667. The molecule has 1 aliphatic carbocycles. The van der Waals surface area contributed by atoms with E-state index in [1.54, 1.807) is 0 Å². The van der Waals surface area contributed by atoms with Crippen molar-refractivity contribution in [3.63, 3.8) is 0 Å². The maximum atomic E-state index is 6.54. The molecule has 1 aliphatic heterocycles. The van der Waals surface area contributed by atoms with E-state index in [1.807, 2.05) is 12.3 Å². The molecule has 3 unspecified atom stereocenters. The summed E-state index contributed by atoms with van der Waals surface area (Å²) < 4.78 is 5.92. The average Bonchev–Trinajstić information content (AvgIpc) is 2.85. The molecule has 0 amide bonds. The highest BCUT2D eigenvalue weighted by Gasteiger charge is 2.42. The van der Waals surface area contributed by atoms with Gasteiger partial charge in [-0.3, -0.25) is 4.98 Å². The lowest BCUT2D eigenvalue weighted by molar-refractivity contribution is -0.00988. The SMILES string of the molecule is CC1(C(N)C2CCCc3cccnc32)CCCO1. The molecule has 2 N–H and O–H groups in total. The van der Waals surface area contributed by atoms with Gasteiger partial charge in [0, 0.05) is 30.5 Å². The molecular formula is C15H22N2O. The van der Waals surface area contributed by atoms with Gasteiger partial charge in [0.15, 0.2) is 0 Å². The summed E-state index contributed by atoms with van der Waals surface area (Å²) in [4.78, 5) is 4.59. The van der Waals surface area contributed by atoms with Gasteiger partial charge in [0.05, 0.1) is 5.60 Å². The Morgan fingerprint density at radius 2 is 2.39 bits per heavy atom. The van der Waals surface area contributed by atoms with Crippen LogP contribution in [0.15, 0.2) is 18.3 Å². The maximum Gasteiger partial charge on any atom is 0.0812 e. The second-order valence-electron chi connectivity index (χ2n) is 5.84. The van der Waals surface area contributed by atoms with Crippen LogP contribution in [0.25, 0.3) is 0 Å². The van der Waals surface area contributed by atoms with Crippen molar-refractivity contribution in [1.29, 1.82) is 0 Å². The van der Waals surface area contributed by atoms with Gasteiger partial charge in [0.2, 0.25) is 0 Å². The van der Waals surface area contributed by atoms with E-state index in [-0.39, 0.29) is 11.6 Å². The highest BCUT2D eigenvalue weighted by Crippen LogP contribution is 2.39. The largest absolute Gasteiger partial charge is 0.374 e. The van der Waals surface area contributed by atoms with Gasteiger partial charge in [-0.15, -0.1) is 0 Å². The summed E-state index contributed by atoms with van der Waals surface area (Å²) in [6.07, 6.45) is 7.60. The van der Waals surface area contributed by atoms with Crippen LogP contribution in [-0.4, -0.2) is 23.2 Å². The Kier molecular flexibility index (Phi) is 3.12. The fourth-order valence-electron chi connectivity index (χ4n) is 3.48. The number of hydrogen-bond donors (Lipinski definition) is 1. The molecular weight excluding hydrogens is 224 g/mol. The van der Waals surface area contributed by atoms with Crippen LogP contribution in [0.2, 0.25) is 0 Å². The monoisotopic (exact) mass is 246 g/mol. The Balaban J connectivity index is 1.89. The van der Waals surface area contributed by atoms with Crippen molar-refractivity contribution in [3.8, 4) is 0 Å². The highest BCUT2D eigenvalue weighted by atomic mass is 16.5. The number of nitrogens with zero attached hydrogens (tertiary/aromatic N) is 1. The number of aromatic nitrogens is 1. The van der Waals surface area contributed by atoms with Gasteiger partial charge >= 0.3 is 0 Å². The van der Waals surface area contributed by atoms with Gasteiger partial charge in [-0.05, 0) is 50.7 Å². The van der Waals surface area contributed by atoms with Crippen molar-refractivity contribution in [2.45, 2.75) is 56.6 Å². The molecule has 3 nitrogen and oxygen atoms in total. The zero-order chi connectivity index (χ0) is 12.6. The number of aryl methyl sites for hydroxylation is 1. The molecule has 1 fully saturated rings. The Morgan fingerprint density at radius 3 is 3.17 bits per heavy atom. The van der Waals surface area contributed by atoms with E-state index in [0.29, 0.717) is 5.92 Å². The van der Waals surface area contributed by atoms with Gasteiger partial charge in [0.25, 0.3) is 0 Å². The first-order valence-electron chi connectivity index (χ1n) is 7.04. The van der Waals surface area contributed by atoms with Crippen LogP contribution in [0.5, 0.6) is 0 Å². The molecule has 18 heavy (non-hydrogen) atoms. The van der Waals surface area contributed by atoms with Crippen LogP contribution >= 0.6 is 0 Å². The Labute approximate surface area is 109 Å². The first-order valence-corrected chi connectivity index (χ1v) is 7.04. The Morgan fingerprint density at radius 1 is 1.50 bits per heavy atom. The first kappa shape index (κ1) is 12.1. The molecule has 1 saturated heterocycles. The van der Waals surface area contributed by atoms with Crippen LogP contribution in [-0.2, 0) is 11.2 Å². The van der Waals surface area contributed by atoms with Crippen LogP contribution in [0, 0.1) is 0 Å². The molecule has 0 aromatic carbocycles. The highest BCUT2D eigenvalue weighted by molar-refractivity contribution is 5.28. The molecule has 98 valence electrons. The van der Waals surface area contributed by atoms with Crippen LogP contribution in [0.4, 0.5) is 0 Å². The van der Waals surface area contributed by atoms with Gasteiger partial charge in [-0.25, -0.2) is 0 Å². The number of ether oxygens (including phenoxy) is 1. The smallest absolute Gasteiger partial charge is 0.0812 e. The molecule has 3 heteroatoms. The summed E-state index contributed by atoms with van der Waals surface area (Å²) in [5.74, 6) is 0.359. The molecule has 0 bridgehead atoms. The Bertz CT molecular complexity index is 426. The first-order chi connectivity index (χ1) is 8.71. The average molecular weight is 246 g/mol. The summed E-state index contributed by atoms with van der Waals surface area (Å²) >= 11 is 0. The minimum atomic E-state index is -0.156. The van der Waals surface area contributed by atoms with E-state index in [1.165, 1.54) is 17.7 Å². The second kappa shape index (κ2) is 4.63. The van der Waals surface area contributed by atoms with Crippen LogP contribution in [0.3, 0.4) is 0 Å². The quantitative estimate of drug-likeness (QED) is 0.871. The number of pyridine rings is 1. The van der Waals surface area contributed by atoms with Crippen LogP contribution < -0.4 is 5.73 Å². The topological polar surface area (TPSA) is 48.1 Å². The van der Waals surface area contributed by atoms with Gasteiger partial charge in [0.1, 0.15) is 0 Å². The van der Waals surface area contributed by atoms with Crippen LogP contribution in [0.1, 0.15) is 49.8 Å². The van der Waals surface area contributed by atoms with Gasteiger partial charge in [-0.1, -0.05) is 6.07 Å². The summed E-state index contributed by atoms with van der Waals surface area (Å²) in [6, 6.07) is 4.29. The number of nitrogens with two attached hydrogens (primary N) is 1. The van der Waals surface area contributed by atoms with Gasteiger partial charge < -0.3 is 10.5 Å². The lowest BCUT2D eigenvalue weighted by atomic mass is 9.76. The van der Waals surface area contributed by atoms with E-state index in [0.717, 1.165) is 32.3 Å². The molecule has 0 saturated carbocycles. The lowest BCUT2D eigenvalue weighted by Gasteiger charge is -2.38. The minimum Gasteiger partial charge on any atom is -0.374 e. The summed E-state index contributed by atoms with van der Waals surface area (Å²) in [6.45, 7) is 3.02. The summed E-state index contributed by atoms with van der Waals surface area (Å²) in [7, 11) is 0. The molecule has 2 aliphatic rings. The zero-order valence-electron chi connectivity index (χ0n) is 11.1. The second-order valence-corrected chi connectivity index (χ2v) is 5.84. The molecule has 1 aromatic rings.